The molecule has 3 rings (SSSR count). The molecule has 1 unspecified atom stereocenters. The average Bonchev–Trinajstić information content (AvgIpc) is 2.70. The minimum absolute atomic E-state index is 0.129. The van der Waals surface area contributed by atoms with Crippen LogP contribution in [0.15, 0.2) is 60.7 Å². The number of hydrogen-bond acceptors (Lipinski definition) is 2. The van der Waals surface area contributed by atoms with Crippen molar-refractivity contribution in [3.8, 4) is 11.1 Å². The highest BCUT2D eigenvalue weighted by Crippen LogP contribution is 2.35. The van der Waals surface area contributed by atoms with Gasteiger partial charge in [-0.1, -0.05) is 55.2 Å². The van der Waals surface area contributed by atoms with Crippen molar-refractivity contribution in [1.82, 2.24) is 0 Å². The van der Waals surface area contributed by atoms with Crippen LogP contribution in [-0.4, -0.2) is 11.1 Å². The van der Waals surface area contributed by atoms with E-state index in [1.165, 1.54) is 12.1 Å². The van der Waals surface area contributed by atoms with E-state index >= 15 is 0 Å². The van der Waals surface area contributed by atoms with E-state index in [1.54, 1.807) is 36.4 Å². The van der Waals surface area contributed by atoms with E-state index < -0.39 is 23.6 Å². The Hall–Kier alpha value is -2.70. The van der Waals surface area contributed by atoms with Gasteiger partial charge in [0.25, 0.3) is 0 Å². The minimum atomic E-state index is -4.44. The van der Waals surface area contributed by atoms with E-state index in [1.807, 2.05) is 13.8 Å². The van der Waals surface area contributed by atoms with Crippen molar-refractivity contribution in [2.24, 2.45) is 5.92 Å². The Morgan fingerprint density at radius 3 is 2.00 bits per heavy atom. The topological polar surface area (TPSA) is 49.3 Å². The second kappa shape index (κ2) is 10.1. The van der Waals surface area contributed by atoms with Crippen LogP contribution in [0.25, 0.3) is 11.1 Å². The van der Waals surface area contributed by atoms with Crippen molar-refractivity contribution in [1.29, 1.82) is 0 Å². The molecule has 33 heavy (non-hydrogen) atoms. The number of benzene rings is 3. The van der Waals surface area contributed by atoms with E-state index in [9.17, 15) is 23.1 Å². The lowest BCUT2D eigenvalue weighted by molar-refractivity contribution is -0.139. The Balaban J connectivity index is 2.09. The highest BCUT2D eigenvalue weighted by molar-refractivity contribution is 6.35. The maximum Gasteiger partial charge on any atom is 0.416 e. The summed E-state index contributed by atoms with van der Waals surface area (Å²) in [5, 5.41) is 13.9. The van der Waals surface area contributed by atoms with E-state index in [-0.39, 0.29) is 5.92 Å². The van der Waals surface area contributed by atoms with Crippen LogP contribution in [0.4, 0.5) is 24.5 Å². The third kappa shape index (κ3) is 6.65. The minimum Gasteiger partial charge on any atom is -0.481 e. The predicted octanol–water partition coefficient (Wildman–Crippen LogP) is 8.64. The molecule has 0 aliphatic heterocycles. The Kier molecular flexibility index (Phi) is 7.60. The van der Waals surface area contributed by atoms with Crippen molar-refractivity contribution in [3.63, 3.8) is 0 Å². The van der Waals surface area contributed by atoms with Crippen LogP contribution >= 0.6 is 23.2 Å². The third-order valence-corrected chi connectivity index (χ3v) is 5.50. The summed E-state index contributed by atoms with van der Waals surface area (Å²) in [6, 6.07) is 14.9. The number of alkyl halides is 3. The van der Waals surface area contributed by atoms with Gasteiger partial charge in [0.15, 0.2) is 0 Å². The molecule has 0 aliphatic carbocycles. The number of nitrogens with one attached hydrogen (secondary N) is 1. The highest BCUT2D eigenvalue weighted by atomic mass is 35.5. The number of carbonyl (C=O) groups is 1. The quantitative estimate of drug-likeness (QED) is 0.344. The van der Waals surface area contributed by atoms with Gasteiger partial charge in [-0.25, -0.2) is 0 Å². The van der Waals surface area contributed by atoms with Crippen LogP contribution in [0.2, 0.25) is 10.0 Å². The van der Waals surface area contributed by atoms with Crippen molar-refractivity contribution in [2.75, 3.05) is 5.32 Å². The SMILES string of the molecule is CC(C)CC(C(=O)O)c1cc(Nc2cc(Cl)cc(Cl)c2)cc(-c2ccc(C(F)(F)F)cc2)c1. The standard InChI is InChI=1S/C25H22Cl2F3NO2/c1-14(2)7-23(24(32)33)17-8-16(15-3-5-18(6-4-15)25(28,29)30)9-21(10-17)31-22-12-19(26)11-20(27)13-22/h3-6,8-14,23,31H,7H2,1-2H3,(H,32,33). The van der Waals surface area contributed by atoms with Gasteiger partial charge in [-0.05, 0) is 71.5 Å². The van der Waals surface area contributed by atoms with Crippen LogP contribution in [0.1, 0.15) is 37.3 Å². The zero-order chi connectivity index (χ0) is 24.3. The van der Waals surface area contributed by atoms with Crippen LogP contribution in [0.3, 0.4) is 0 Å². The summed E-state index contributed by atoms with van der Waals surface area (Å²) < 4.78 is 38.9. The second-order valence-electron chi connectivity index (χ2n) is 8.22. The van der Waals surface area contributed by atoms with Gasteiger partial charge in [-0.15, -0.1) is 0 Å². The maximum absolute atomic E-state index is 13.0. The lowest BCUT2D eigenvalue weighted by Crippen LogP contribution is -2.14. The fourth-order valence-electron chi connectivity index (χ4n) is 3.59. The number of carboxylic acids is 1. The molecular weight excluding hydrogens is 474 g/mol. The third-order valence-electron chi connectivity index (χ3n) is 5.06. The first-order valence-electron chi connectivity index (χ1n) is 10.2. The molecule has 0 bridgehead atoms. The van der Waals surface area contributed by atoms with Gasteiger partial charge in [0.1, 0.15) is 0 Å². The molecule has 3 aromatic rings. The largest absolute Gasteiger partial charge is 0.481 e. The smallest absolute Gasteiger partial charge is 0.416 e. The molecule has 1 atom stereocenters. The number of anilines is 2. The average molecular weight is 496 g/mol. The van der Waals surface area contributed by atoms with Crippen LogP contribution < -0.4 is 5.32 Å². The normalized spacial score (nSPS) is 12.6. The maximum atomic E-state index is 13.0. The number of rotatable bonds is 7. The Morgan fingerprint density at radius 2 is 1.48 bits per heavy atom. The van der Waals surface area contributed by atoms with Gasteiger partial charge in [-0.3, -0.25) is 4.79 Å². The van der Waals surface area contributed by atoms with Gasteiger partial charge < -0.3 is 10.4 Å². The van der Waals surface area contributed by atoms with Crippen molar-refractivity contribution in [2.45, 2.75) is 32.4 Å². The van der Waals surface area contributed by atoms with E-state index in [4.69, 9.17) is 23.2 Å². The molecule has 2 N–H and O–H groups in total. The predicted molar refractivity (Wildman–Crippen MR) is 126 cm³/mol. The molecule has 0 saturated heterocycles. The summed E-state index contributed by atoms with van der Waals surface area (Å²) in [5.74, 6) is -1.61. The van der Waals surface area contributed by atoms with Gasteiger partial charge in [0.2, 0.25) is 0 Å². The molecule has 0 aromatic heterocycles. The van der Waals surface area contributed by atoms with Gasteiger partial charge in [-0.2, -0.15) is 13.2 Å². The zero-order valence-corrected chi connectivity index (χ0v) is 19.4. The molecular formula is C25H22Cl2F3NO2. The van der Waals surface area contributed by atoms with Crippen LogP contribution in [0.5, 0.6) is 0 Å². The molecule has 3 aromatic carbocycles. The first-order valence-corrected chi connectivity index (χ1v) is 11.0. The first kappa shape index (κ1) is 24.9. The van der Waals surface area contributed by atoms with E-state index in [0.717, 1.165) is 12.1 Å². The molecule has 0 aliphatic rings. The fraction of sp³-hybridized carbons (Fsp3) is 0.240. The monoisotopic (exact) mass is 495 g/mol. The first-order chi connectivity index (χ1) is 15.4. The summed E-state index contributed by atoms with van der Waals surface area (Å²) in [5.41, 5.74) is 2.08. The Bertz CT molecular complexity index is 1130. The van der Waals surface area contributed by atoms with Crippen molar-refractivity contribution >= 4 is 40.5 Å². The molecule has 0 fully saturated rings. The molecule has 0 amide bonds. The van der Waals surface area contributed by atoms with Crippen molar-refractivity contribution in [3.05, 3.63) is 81.8 Å². The molecule has 0 radical (unpaired) electrons. The fourth-order valence-corrected chi connectivity index (χ4v) is 4.11. The summed E-state index contributed by atoms with van der Waals surface area (Å²) in [4.78, 5) is 12.0. The van der Waals surface area contributed by atoms with Gasteiger partial charge in [0, 0.05) is 21.4 Å². The number of hydrogen-bond donors (Lipinski definition) is 2. The molecule has 8 heteroatoms. The number of halogens is 5. The van der Waals surface area contributed by atoms with Crippen molar-refractivity contribution < 1.29 is 23.1 Å². The summed E-state index contributed by atoms with van der Waals surface area (Å²) >= 11 is 12.2. The molecule has 0 spiro atoms. The second-order valence-corrected chi connectivity index (χ2v) is 9.10. The zero-order valence-electron chi connectivity index (χ0n) is 17.9. The Morgan fingerprint density at radius 1 is 0.909 bits per heavy atom. The lowest BCUT2D eigenvalue weighted by atomic mass is 9.88. The summed E-state index contributed by atoms with van der Waals surface area (Å²) in [6.07, 6.45) is -4.03. The number of aliphatic carboxylic acids is 1. The number of carboxylic acid groups (broad SMARTS) is 1. The molecule has 3 nitrogen and oxygen atoms in total. The van der Waals surface area contributed by atoms with Gasteiger partial charge >= 0.3 is 12.1 Å². The van der Waals surface area contributed by atoms with Crippen LogP contribution in [-0.2, 0) is 11.0 Å². The Labute approximate surface area is 200 Å². The highest BCUT2D eigenvalue weighted by Gasteiger charge is 2.30. The summed E-state index contributed by atoms with van der Waals surface area (Å²) in [6.45, 7) is 3.87. The molecule has 174 valence electrons. The van der Waals surface area contributed by atoms with E-state index in [0.29, 0.717) is 44.5 Å². The molecule has 0 saturated carbocycles. The molecule has 0 heterocycles. The summed E-state index contributed by atoms with van der Waals surface area (Å²) in [7, 11) is 0. The van der Waals surface area contributed by atoms with Gasteiger partial charge in [0.05, 0.1) is 11.5 Å². The van der Waals surface area contributed by atoms with Crippen LogP contribution in [0, 0.1) is 5.92 Å². The lowest BCUT2D eigenvalue weighted by Gasteiger charge is -2.19. The van der Waals surface area contributed by atoms with E-state index in [2.05, 4.69) is 5.32 Å².